The number of aromatic nitrogens is 1. The summed E-state index contributed by atoms with van der Waals surface area (Å²) in [5, 5.41) is 1.44. The molecule has 0 radical (unpaired) electrons. The van der Waals surface area contributed by atoms with Crippen LogP contribution in [0.25, 0.3) is 0 Å². The first-order valence-corrected chi connectivity index (χ1v) is 3.03. The van der Waals surface area contributed by atoms with Gasteiger partial charge in [-0.1, -0.05) is 12.6 Å². The zero-order valence-electron chi connectivity index (χ0n) is 5.07. The molecule has 0 aliphatic rings. The average molecular weight is 139 g/mol. The zero-order chi connectivity index (χ0) is 6.95. The average Bonchev–Trinajstić information content (AvgIpc) is 1.93. The first-order chi connectivity index (χ1) is 4.41. The van der Waals surface area contributed by atoms with Crippen molar-refractivity contribution in [2.45, 2.75) is 0 Å². The maximum Gasteiger partial charge on any atom is 0.0267 e. The van der Waals surface area contributed by atoms with Gasteiger partial charge in [0.2, 0.25) is 0 Å². The van der Waals surface area contributed by atoms with Crippen molar-refractivity contribution in [2.24, 2.45) is 0 Å². The number of hydrogen-bond donors (Lipinski definition) is 1. The normalized spacial score (nSPS) is 6.78. The molecule has 1 heterocycles. The van der Waals surface area contributed by atoms with Crippen LogP contribution in [0, 0.1) is 0 Å². The van der Waals surface area contributed by atoms with Gasteiger partial charge >= 0.3 is 0 Å². The Morgan fingerprint density at radius 3 is 1.78 bits per heavy atom. The lowest BCUT2D eigenvalue weighted by Crippen LogP contribution is -1.58. The maximum absolute atomic E-state index is 3.78. The van der Waals surface area contributed by atoms with Gasteiger partial charge in [-0.05, 0) is 17.5 Å². The fraction of sp³-hybridized carbons (Fsp3) is 0. The van der Waals surface area contributed by atoms with Gasteiger partial charge < -0.3 is 0 Å². The summed E-state index contributed by atoms with van der Waals surface area (Å²) in [6.07, 6.45) is 3.50. The standard InChI is InChI=1S/C5H5N.C2H4S/c1-2-4-6-5-3-1;1-2-3/h1-5H;2-3H,1H2. The molecule has 0 bridgehead atoms. The highest BCUT2D eigenvalue weighted by molar-refractivity contribution is 7.83. The van der Waals surface area contributed by atoms with E-state index < -0.39 is 0 Å². The minimum atomic E-state index is 1.44. The summed E-state index contributed by atoms with van der Waals surface area (Å²) in [5.41, 5.74) is 0. The van der Waals surface area contributed by atoms with E-state index in [1.807, 2.05) is 18.2 Å². The van der Waals surface area contributed by atoms with Crippen LogP contribution in [-0.2, 0) is 0 Å². The Morgan fingerprint density at radius 2 is 1.67 bits per heavy atom. The predicted octanol–water partition coefficient (Wildman–Crippen LogP) is 2.14. The molecule has 1 rings (SSSR count). The van der Waals surface area contributed by atoms with E-state index in [0.29, 0.717) is 0 Å². The topological polar surface area (TPSA) is 12.9 Å². The van der Waals surface area contributed by atoms with Gasteiger partial charge in [-0.3, -0.25) is 4.98 Å². The number of rotatable bonds is 0. The van der Waals surface area contributed by atoms with Gasteiger partial charge in [-0.25, -0.2) is 0 Å². The largest absolute Gasteiger partial charge is 0.265 e. The smallest absolute Gasteiger partial charge is 0.0267 e. The molecular formula is C7H9NS. The lowest BCUT2D eigenvalue weighted by atomic mass is 10.5. The minimum absolute atomic E-state index is 1.44. The highest BCUT2D eigenvalue weighted by Crippen LogP contribution is 1.73. The van der Waals surface area contributed by atoms with Crippen LogP contribution in [0.15, 0.2) is 42.6 Å². The Labute approximate surface area is 60.9 Å². The maximum atomic E-state index is 3.78. The van der Waals surface area contributed by atoms with Crippen LogP contribution >= 0.6 is 12.6 Å². The number of thiol groups is 1. The Balaban J connectivity index is 0.000000187. The fourth-order valence-electron chi connectivity index (χ4n) is 0.313. The molecule has 0 aliphatic heterocycles. The Hall–Kier alpha value is -0.760. The van der Waals surface area contributed by atoms with Gasteiger partial charge in [-0.15, -0.1) is 0 Å². The number of hydrogen-bond acceptors (Lipinski definition) is 2. The summed E-state index contributed by atoms with van der Waals surface area (Å²) in [6.45, 7) is 3.23. The molecule has 0 spiro atoms. The Bertz CT molecular complexity index is 112. The molecule has 0 amide bonds. The highest BCUT2D eigenvalue weighted by atomic mass is 32.1. The zero-order valence-corrected chi connectivity index (χ0v) is 5.96. The van der Waals surface area contributed by atoms with Gasteiger partial charge in [0.05, 0.1) is 0 Å². The lowest BCUT2D eigenvalue weighted by molar-refractivity contribution is 1.33. The summed E-state index contributed by atoms with van der Waals surface area (Å²) < 4.78 is 0. The first-order valence-electron chi connectivity index (χ1n) is 2.52. The van der Waals surface area contributed by atoms with E-state index in [1.54, 1.807) is 12.4 Å². The van der Waals surface area contributed by atoms with Crippen LogP contribution < -0.4 is 0 Å². The number of nitrogens with zero attached hydrogens (tertiary/aromatic N) is 1. The molecular weight excluding hydrogens is 130 g/mol. The van der Waals surface area contributed by atoms with Gasteiger partial charge in [0.25, 0.3) is 0 Å². The van der Waals surface area contributed by atoms with Crippen LogP contribution in [0.2, 0.25) is 0 Å². The van der Waals surface area contributed by atoms with E-state index in [9.17, 15) is 0 Å². The van der Waals surface area contributed by atoms with Crippen LogP contribution in [0.1, 0.15) is 0 Å². The summed E-state index contributed by atoms with van der Waals surface area (Å²) in [5.74, 6) is 0. The summed E-state index contributed by atoms with van der Waals surface area (Å²) in [6, 6.07) is 5.72. The second kappa shape index (κ2) is 7.24. The molecule has 0 aromatic carbocycles. The third kappa shape index (κ3) is 7.24. The van der Waals surface area contributed by atoms with E-state index in [-0.39, 0.29) is 0 Å². The molecule has 0 aliphatic carbocycles. The van der Waals surface area contributed by atoms with Gasteiger partial charge in [0.15, 0.2) is 0 Å². The second-order valence-corrected chi connectivity index (χ2v) is 1.57. The third-order valence-electron chi connectivity index (χ3n) is 0.566. The molecule has 48 valence electrons. The molecule has 0 fully saturated rings. The van der Waals surface area contributed by atoms with Crippen LogP contribution in [0.3, 0.4) is 0 Å². The van der Waals surface area contributed by atoms with Crippen molar-refractivity contribution in [2.75, 3.05) is 0 Å². The van der Waals surface area contributed by atoms with Crippen LogP contribution in [0.5, 0.6) is 0 Å². The van der Waals surface area contributed by atoms with Crippen molar-refractivity contribution in [1.29, 1.82) is 0 Å². The molecule has 9 heavy (non-hydrogen) atoms. The summed E-state index contributed by atoms with van der Waals surface area (Å²) >= 11 is 3.55. The van der Waals surface area contributed by atoms with E-state index in [4.69, 9.17) is 0 Å². The van der Waals surface area contributed by atoms with Crippen LogP contribution in [-0.4, -0.2) is 4.98 Å². The van der Waals surface area contributed by atoms with Gasteiger partial charge in [0, 0.05) is 12.4 Å². The van der Waals surface area contributed by atoms with E-state index >= 15 is 0 Å². The van der Waals surface area contributed by atoms with E-state index in [2.05, 4.69) is 24.2 Å². The Kier molecular flexibility index (Phi) is 6.63. The molecule has 2 heteroatoms. The quantitative estimate of drug-likeness (QED) is 0.543. The van der Waals surface area contributed by atoms with Crippen molar-refractivity contribution in [3.8, 4) is 0 Å². The molecule has 1 aromatic heterocycles. The van der Waals surface area contributed by atoms with E-state index in [0.717, 1.165) is 0 Å². The van der Waals surface area contributed by atoms with Crippen molar-refractivity contribution < 1.29 is 0 Å². The highest BCUT2D eigenvalue weighted by Gasteiger charge is 1.58. The van der Waals surface area contributed by atoms with Crippen molar-refractivity contribution in [3.05, 3.63) is 42.6 Å². The van der Waals surface area contributed by atoms with Crippen molar-refractivity contribution >= 4 is 12.6 Å². The SMILES string of the molecule is C=CS.c1ccncc1. The third-order valence-corrected chi connectivity index (χ3v) is 0.566. The summed E-state index contributed by atoms with van der Waals surface area (Å²) in [4.78, 5) is 3.78. The lowest BCUT2D eigenvalue weighted by Gasteiger charge is -1.70. The predicted molar refractivity (Wildman–Crippen MR) is 43.4 cm³/mol. The molecule has 1 nitrogen and oxygen atoms in total. The molecule has 0 atom stereocenters. The second-order valence-electron chi connectivity index (χ2n) is 1.21. The molecule has 0 unspecified atom stereocenters. The van der Waals surface area contributed by atoms with E-state index in [1.165, 1.54) is 5.41 Å². The monoisotopic (exact) mass is 139 g/mol. The summed E-state index contributed by atoms with van der Waals surface area (Å²) in [7, 11) is 0. The van der Waals surface area contributed by atoms with Gasteiger partial charge in [0.1, 0.15) is 0 Å². The van der Waals surface area contributed by atoms with Crippen molar-refractivity contribution in [1.82, 2.24) is 4.98 Å². The Morgan fingerprint density at radius 1 is 1.22 bits per heavy atom. The van der Waals surface area contributed by atoms with Crippen molar-refractivity contribution in [3.63, 3.8) is 0 Å². The van der Waals surface area contributed by atoms with Gasteiger partial charge in [-0.2, -0.15) is 12.6 Å². The molecule has 0 saturated heterocycles. The minimum Gasteiger partial charge on any atom is -0.265 e. The molecule has 0 saturated carbocycles. The fourth-order valence-corrected chi connectivity index (χ4v) is 0.313. The first kappa shape index (κ1) is 8.24. The number of pyridine rings is 1. The molecule has 0 N–H and O–H groups in total. The molecule has 1 aromatic rings. The van der Waals surface area contributed by atoms with Crippen LogP contribution in [0.4, 0.5) is 0 Å².